The summed E-state index contributed by atoms with van der Waals surface area (Å²) in [5.41, 5.74) is -4.36. The Morgan fingerprint density at radius 1 is 1.28 bits per heavy atom. The van der Waals surface area contributed by atoms with Crippen molar-refractivity contribution in [2.75, 3.05) is 0 Å². The number of hydrogen-bond acceptors (Lipinski definition) is 3. The van der Waals surface area contributed by atoms with Crippen LogP contribution in [0.5, 0.6) is 0 Å². The Kier molecular flexibility index (Phi) is 3.82. The molecule has 1 rings (SSSR count). The van der Waals surface area contributed by atoms with Crippen LogP contribution in [0.25, 0.3) is 0 Å². The molecule has 0 atom stereocenters. The molecule has 0 aromatic carbocycles. The van der Waals surface area contributed by atoms with E-state index in [0.717, 1.165) is 0 Å². The van der Waals surface area contributed by atoms with Crippen molar-refractivity contribution in [1.29, 1.82) is 10.5 Å². The molecule has 8 heteroatoms. The van der Waals surface area contributed by atoms with Crippen LogP contribution in [-0.4, -0.2) is 4.98 Å². The van der Waals surface area contributed by atoms with Gasteiger partial charge in [-0.3, -0.25) is 4.98 Å². The van der Waals surface area contributed by atoms with Crippen LogP contribution in [0.4, 0.5) is 22.0 Å². The summed E-state index contributed by atoms with van der Waals surface area (Å²) in [7, 11) is 0. The number of nitriles is 2. The molecular weight excluding hydrogens is 257 g/mol. The van der Waals surface area contributed by atoms with Gasteiger partial charge in [0, 0.05) is 6.20 Å². The summed E-state index contributed by atoms with van der Waals surface area (Å²) in [6.45, 7) is 0. The van der Waals surface area contributed by atoms with Crippen molar-refractivity contribution in [3.63, 3.8) is 0 Å². The highest BCUT2D eigenvalue weighted by Gasteiger charge is 2.38. The fourth-order valence-electron chi connectivity index (χ4n) is 1.35. The monoisotopic (exact) mass is 261 g/mol. The van der Waals surface area contributed by atoms with Crippen LogP contribution in [0.1, 0.15) is 28.8 Å². The van der Waals surface area contributed by atoms with Crippen LogP contribution in [0, 0.1) is 22.7 Å². The van der Waals surface area contributed by atoms with Crippen LogP contribution in [-0.2, 0) is 12.6 Å². The molecular formula is C10H4F5N3. The van der Waals surface area contributed by atoms with Crippen LogP contribution in [0.2, 0.25) is 0 Å². The van der Waals surface area contributed by atoms with Gasteiger partial charge < -0.3 is 0 Å². The summed E-state index contributed by atoms with van der Waals surface area (Å²) in [5, 5.41) is 17.1. The molecule has 0 aliphatic rings. The lowest BCUT2D eigenvalue weighted by Crippen LogP contribution is -2.14. The topological polar surface area (TPSA) is 60.5 Å². The Morgan fingerprint density at radius 2 is 1.89 bits per heavy atom. The van der Waals surface area contributed by atoms with Gasteiger partial charge in [-0.1, -0.05) is 0 Å². The Labute approximate surface area is 98.1 Å². The lowest BCUT2D eigenvalue weighted by molar-refractivity contribution is -0.139. The number of hydrogen-bond donors (Lipinski definition) is 0. The summed E-state index contributed by atoms with van der Waals surface area (Å²) in [4.78, 5) is 3.25. The highest BCUT2D eigenvalue weighted by molar-refractivity contribution is 5.47. The first-order valence-electron chi connectivity index (χ1n) is 4.47. The minimum Gasteiger partial charge on any atom is -0.258 e. The number of halogens is 5. The fraction of sp³-hybridized carbons (Fsp3) is 0.300. The van der Waals surface area contributed by atoms with Crippen molar-refractivity contribution in [2.24, 2.45) is 0 Å². The number of rotatable bonds is 2. The van der Waals surface area contributed by atoms with E-state index in [1.54, 1.807) is 6.07 Å². The number of nitrogens with zero attached hydrogens (tertiary/aromatic N) is 3. The van der Waals surface area contributed by atoms with Crippen LogP contribution < -0.4 is 0 Å². The Bertz CT molecular complexity index is 536. The smallest absolute Gasteiger partial charge is 0.258 e. The SMILES string of the molecule is N#CCc1ncc(C(F)(F)F)c(C(F)F)c1C#N. The first kappa shape index (κ1) is 13.8. The Balaban J connectivity index is 3.61. The van der Waals surface area contributed by atoms with E-state index in [0.29, 0.717) is 0 Å². The summed E-state index contributed by atoms with van der Waals surface area (Å²) >= 11 is 0. The highest BCUT2D eigenvalue weighted by Crippen LogP contribution is 2.38. The summed E-state index contributed by atoms with van der Waals surface area (Å²) in [5.74, 6) is 0. The van der Waals surface area contributed by atoms with Gasteiger partial charge in [0.05, 0.1) is 34.9 Å². The van der Waals surface area contributed by atoms with Gasteiger partial charge in [-0.05, 0) is 0 Å². The summed E-state index contributed by atoms with van der Waals surface area (Å²) in [6, 6.07) is 2.79. The maximum absolute atomic E-state index is 12.7. The third kappa shape index (κ3) is 2.54. The van der Waals surface area contributed by atoms with E-state index in [1.807, 2.05) is 0 Å². The van der Waals surface area contributed by atoms with Gasteiger partial charge in [0.1, 0.15) is 6.07 Å². The van der Waals surface area contributed by atoms with Crippen molar-refractivity contribution in [2.45, 2.75) is 19.0 Å². The standard InChI is InChI=1S/C10H4F5N3/c11-9(12)8-5(3-17)7(1-2-16)18-4-6(8)10(13,14)15/h4,9H,1H2. The maximum Gasteiger partial charge on any atom is 0.418 e. The molecule has 1 aromatic heterocycles. The van der Waals surface area contributed by atoms with Crippen molar-refractivity contribution in [3.8, 4) is 12.1 Å². The lowest BCUT2D eigenvalue weighted by atomic mass is 10.0. The van der Waals surface area contributed by atoms with Gasteiger partial charge in [0.15, 0.2) is 0 Å². The highest BCUT2D eigenvalue weighted by atomic mass is 19.4. The molecule has 0 radical (unpaired) electrons. The molecule has 1 heterocycles. The van der Waals surface area contributed by atoms with E-state index in [2.05, 4.69) is 4.98 Å². The van der Waals surface area contributed by atoms with E-state index >= 15 is 0 Å². The second kappa shape index (κ2) is 4.96. The van der Waals surface area contributed by atoms with Crippen molar-refractivity contribution in [1.82, 2.24) is 4.98 Å². The third-order valence-electron chi connectivity index (χ3n) is 2.08. The van der Waals surface area contributed by atoms with Crippen molar-refractivity contribution in [3.05, 3.63) is 28.6 Å². The maximum atomic E-state index is 12.7. The number of pyridine rings is 1. The minimum atomic E-state index is -5.03. The van der Waals surface area contributed by atoms with Crippen LogP contribution >= 0.6 is 0 Å². The molecule has 3 nitrogen and oxygen atoms in total. The average Bonchev–Trinajstić information content (AvgIpc) is 2.27. The van der Waals surface area contributed by atoms with Gasteiger partial charge in [-0.2, -0.15) is 23.7 Å². The normalized spacial score (nSPS) is 11.1. The molecule has 0 spiro atoms. The van der Waals surface area contributed by atoms with E-state index in [-0.39, 0.29) is 11.9 Å². The Hall–Kier alpha value is -2.22. The average molecular weight is 261 g/mol. The van der Waals surface area contributed by atoms with Gasteiger partial charge in [0.25, 0.3) is 6.43 Å². The lowest BCUT2D eigenvalue weighted by Gasteiger charge is -2.14. The second-order valence-electron chi connectivity index (χ2n) is 3.15. The minimum absolute atomic E-state index is 0.217. The molecule has 94 valence electrons. The molecule has 0 amide bonds. The molecule has 0 bridgehead atoms. The van der Waals surface area contributed by atoms with Gasteiger partial charge >= 0.3 is 6.18 Å². The van der Waals surface area contributed by atoms with Crippen LogP contribution in [0.3, 0.4) is 0 Å². The van der Waals surface area contributed by atoms with E-state index < -0.39 is 35.7 Å². The van der Waals surface area contributed by atoms with E-state index in [1.165, 1.54) is 6.07 Å². The molecule has 1 aromatic rings. The van der Waals surface area contributed by atoms with Gasteiger partial charge in [-0.25, -0.2) is 8.78 Å². The molecule has 0 fully saturated rings. The molecule has 0 aliphatic heterocycles. The zero-order chi connectivity index (χ0) is 13.9. The van der Waals surface area contributed by atoms with Crippen LogP contribution in [0.15, 0.2) is 6.20 Å². The quantitative estimate of drug-likeness (QED) is 0.769. The zero-order valence-corrected chi connectivity index (χ0v) is 8.59. The number of aromatic nitrogens is 1. The first-order valence-corrected chi connectivity index (χ1v) is 4.47. The van der Waals surface area contributed by atoms with Gasteiger partial charge in [0.2, 0.25) is 0 Å². The van der Waals surface area contributed by atoms with Gasteiger partial charge in [-0.15, -0.1) is 0 Å². The molecule has 18 heavy (non-hydrogen) atoms. The third-order valence-corrected chi connectivity index (χ3v) is 2.08. The molecule has 0 N–H and O–H groups in total. The molecule has 0 aliphatic carbocycles. The molecule has 0 saturated carbocycles. The Morgan fingerprint density at radius 3 is 2.28 bits per heavy atom. The first-order chi connectivity index (χ1) is 8.32. The van der Waals surface area contributed by atoms with E-state index in [4.69, 9.17) is 10.5 Å². The second-order valence-corrected chi connectivity index (χ2v) is 3.15. The molecule has 0 saturated heterocycles. The largest absolute Gasteiger partial charge is 0.418 e. The summed E-state index contributed by atoms with van der Waals surface area (Å²) < 4.78 is 62.8. The zero-order valence-electron chi connectivity index (χ0n) is 8.59. The summed E-state index contributed by atoms with van der Waals surface area (Å²) in [6.07, 6.45) is -8.80. The fourth-order valence-corrected chi connectivity index (χ4v) is 1.35. The predicted molar refractivity (Wildman–Crippen MR) is 48.2 cm³/mol. The van der Waals surface area contributed by atoms with E-state index in [9.17, 15) is 22.0 Å². The van der Waals surface area contributed by atoms with Crippen molar-refractivity contribution < 1.29 is 22.0 Å². The predicted octanol–water partition coefficient (Wildman–Crippen LogP) is 2.98. The van der Waals surface area contributed by atoms with Crippen molar-refractivity contribution >= 4 is 0 Å². The molecule has 0 unspecified atom stereocenters. The number of alkyl halides is 5.